The monoisotopic (exact) mass is 456 g/mol. The van der Waals surface area contributed by atoms with E-state index >= 15 is 0 Å². The van der Waals surface area contributed by atoms with Gasteiger partial charge in [0, 0.05) is 29.0 Å². The number of thiazole rings is 1. The normalized spacial score (nSPS) is 15.9. The molecule has 1 aliphatic heterocycles. The van der Waals surface area contributed by atoms with Crippen LogP contribution >= 0.6 is 11.3 Å². The molecule has 1 atom stereocenters. The summed E-state index contributed by atoms with van der Waals surface area (Å²) in [4.78, 5) is 18.9. The highest BCUT2D eigenvalue weighted by Crippen LogP contribution is 2.31. The first kappa shape index (κ1) is 21.3. The second-order valence-corrected chi connectivity index (χ2v) is 10.2. The maximum atomic E-state index is 12.7. The number of hydrogen-bond donors (Lipinski definition) is 2. The Labute approximate surface area is 186 Å². The summed E-state index contributed by atoms with van der Waals surface area (Å²) in [6, 6.07) is 12.8. The molecule has 31 heavy (non-hydrogen) atoms. The van der Waals surface area contributed by atoms with E-state index in [9.17, 15) is 13.2 Å². The van der Waals surface area contributed by atoms with Gasteiger partial charge in [-0.15, -0.1) is 11.3 Å². The number of benzene rings is 2. The largest absolute Gasteiger partial charge is 0.359 e. The van der Waals surface area contributed by atoms with Crippen LogP contribution in [0.15, 0.2) is 58.9 Å². The SMILES string of the molecule is Cc1ccc2c(c1)N(CC(=O)Nc1ccc(S(=O)(=O)Nc3nccs3)cc1)C(C)CC2. The van der Waals surface area contributed by atoms with Crippen LogP contribution < -0.4 is 14.9 Å². The topological polar surface area (TPSA) is 91.4 Å². The number of nitrogens with zero attached hydrogens (tertiary/aromatic N) is 2. The number of carbonyl (C=O) groups excluding carboxylic acids is 1. The fourth-order valence-electron chi connectivity index (χ4n) is 3.67. The van der Waals surface area contributed by atoms with Gasteiger partial charge in [-0.1, -0.05) is 12.1 Å². The van der Waals surface area contributed by atoms with E-state index in [1.807, 2.05) is 0 Å². The van der Waals surface area contributed by atoms with Crippen LogP contribution in [0.1, 0.15) is 24.5 Å². The van der Waals surface area contributed by atoms with Gasteiger partial charge in [-0.05, 0) is 68.1 Å². The van der Waals surface area contributed by atoms with E-state index in [-0.39, 0.29) is 23.4 Å². The minimum atomic E-state index is -3.72. The molecule has 0 saturated heterocycles. The van der Waals surface area contributed by atoms with Crippen LogP contribution in [0, 0.1) is 6.92 Å². The lowest BCUT2D eigenvalue weighted by Gasteiger charge is -2.36. The van der Waals surface area contributed by atoms with Crippen LogP contribution in [-0.2, 0) is 21.2 Å². The Morgan fingerprint density at radius 3 is 2.71 bits per heavy atom. The number of fused-ring (bicyclic) bond motifs is 1. The van der Waals surface area contributed by atoms with Gasteiger partial charge in [0.25, 0.3) is 10.0 Å². The molecule has 0 aliphatic carbocycles. The average Bonchev–Trinajstić information content (AvgIpc) is 3.23. The maximum Gasteiger partial charge on any atom is 0.263 e. The van der Waals surface area contributed by atoms with E-state index < -0.39 is 10.0 Å². The summed E-state index contributed by atoms with van der Waals surface area (Å²) in [5, 5.41) is 4.88. The standard InChI is InChI=1S/C22H24N4O3S2/c1-15-3-5-17-6-4-16(2)26(20(17)13-15)14-21(27)24-18-7-9-19(10-8-18)31(28,29)25-22-23-11-12-30-22/h3,5,7-13,16H,4,6,14H2,1-2H3,(H,23,25)(H,24,27). The summed E-state index contributed by atoms with van der Waals surface area (Å²) in [6.07, 6.45) is 3.55. The zero-order valence-electron chi connectivity index (χ0n) is 17.3. The van der Waals surface area contributed by atoms with Crippen LogP contribution in [0.5, 0.6) is 0 Å². The lowest BCUT2D eigenvalue weighted by Crippen LogP contribution is -2.42. The Morgan fingerprint density at radius 2 is 2.00 bits per heavy atom. The molecule has 7 nitrogen and oxygen atoms in total. The first-order chi connectivity index (χ1) is 14.8. The molecule has 0 fully saturated rings. The van der Waals surface area contributed by atoms with Crippen LogP contribution in [0.4, 0.5) is 16.5 Å². The lowest BCUT2D eigenvalue weighted by molar-refractivity contribution is -0.115. The molecule has 2 N–H and O–H groups in total. The highest BCUT2D eigenvalue weighted by Gasteiger charge is 2.25. The maximum absolute atomic E-state index is 12.7. The number of rotatable bonds is 6. The smallest absolute Gasteiger partial charge is 0.263 e. The van der Waals surface area contributed by atoms with Crippen molar-refractivity contribution >= 4 is 43.8 Å². The molecule has 2 heterocycles. The van der Waals surface area contributed by atoms with Gasteiger partial charge in [0.15, 0.2) is 5.13 Å². The van der Waals surface area contributed by atoms with Crippen molar-refractivity contribution in [3.63, 3.8) is 0 Å². The van der Waals surface area contributed by atoms with Gasteiger partial charge in [-0.3, -0.25) is 9.52 Å². The molecule has 1 unspecified atom stereocenters. The third kappa shape index (κ3) is 4.88. The second kappa shape index (κ2) is 8.68. The van der Waals surface area contributed by atoms with Crippen molar-refractivity contribution in [2.45, 2.75) is 37.6 Å². The van der Waals surface area contributed by atoms with Crippen molar-refractivity contribution < 1.29 is 13.2 Å². The Kier molecular flexibility index (Phi) is 5.97. The lowest BCUT2D eigenvalue weighted by atomic mass is 9.95. The molecule has 1 aliphatic rings. The molecule has 162 valence electrons. The van der Waals surface area contributed by atoms with E-state index in [2.05, 4.69) is 52.0 Å². The molecule has 0 saturated carbocycles. The van der Waals surface area contributed by atoms with Crippen molar-refractivity contribution in [2.24, 2.45) is 0 Å². The Hall–Kier alpha value is -2.91. The summed E-state index contributed by atoms with van der Waals surface area (Å²) in [5.74, 6) is -0.141. The molecular formula is C22H24N4O3S2. The molecule has 0 bridgehead atoms. The summed E-state index contributed by atoms with van der Waals surface area (Å²) < 4.78 is 27.3. The van der Waals surface area contributed by atoms with Gasteiger partial charge in [-0.25, -0.2) is 13.4 Å². The van der Waals surface area contributed by atoms with Gasteiger partial charge in [0.1, 0.15) is 0 Å². The van der Waals surface area contributed by atoms with Gasteiger partial charge >= 0.3 is 0 Å². The van der Waals surface area contributed by atoms with Gasteiger partial charge in [0.05, 0.1) is 11.4 Å². The number of anilines is 3. The summed E-state index contributed by atoms with van der Waals surface area (Å²) >= 11 is 1.21. The molecule has 9 heteroatoms. The number of nitrogens with one attached hydrogen (secondary N) is 2. The number of amides is 1. The summed E-state index contributed by atoms with van der Waals surface area (Å²) in [6.45, 7) is 4.42. The van der Waals surface area contributed by atoms with Crippen LogP contribution in [0.25, 0.3) is 0 Å². The summed E-state index contributed by atoms with van der Waals surface area (Å²) in [5.41, 5.74) is 4.09. The first-order valence-corrected chi connectivity index (χ1v) is 12.4. The van der Waals surface area contributed by atoms with E-state index in [4.69, 9.17) is 0 Å². The van der Waals surface area contributed by atoms with Crippen molar-refractivity contribution in [1.29, 1.82) is 0 Å². The fraction of sp³-hybridized carbons (Fsp3) is 0.273. The predicted molar refractivity (Wildman–Crippen MR) is 124 cm³/mol. The van der Waals surface area contributed by atoms with Gasteiger partial charge in [-0.2, -0.15) is 0 Å². The van der Waals surface area contributed by atoms with Gasteiger partial charge < -0.3 is 10.2 Å². The molecular weight excluding hydrogens is 432 g/mol. The Morgan fingerprint density at radius 1 is 1.23 bits per heavy atom. The molecule has 1 aromatic heterocycles. The number of carbonyl (C=O) groups is 1. The second-order valence-electron chi connectivity index (χ2n) is 7.66. The number of aryl methyl sites for hydroxylation is 2. The van der Waals surface area contributed by atoms with Gasteiger partial charge in [0.2, 0.25) is 5.91 Å². The van der Waals surface area contributed by atoms with Crippen LogP contribution in [0.3, 0.4) is 0 Å². The van der Waals surface area contributed by atoms with E-state index in [0.717, 1.165) is 18.5 Å². The third-order valence-electron chi connectivity index (χ3n) is 5.33. The van der Waals surface area contributed by atoms with Crippen molar-refractivity contribution in [3.05, 3.63) is 65.2 Å². The molecule has 2 aromatic carbocycles. The van der Waals surface area contributed by atoms with Crippen molar-refractivity contribution in [3.8, 4) is 0 Å². The Balaban J connectivity index is 1.43. The molecule has 1 amide bonds. The zero-order chi connectivity index (χ0) is 22.0. The molecule has 0 radical (unpaired) electrons. The van der Waals surface area contributed by atoms with Crippen molar-refractivity contribution in [2.75, 3.05) is 21.5 Å². The first-order valence-electron chi connectivity index (χ1n) is 10.0. The highest BCUT2D eigenvalue weighted by molar-refractivity contribution is 7.93. The average molecular weight is 457 g/mol. The minimum absolute atomic E-state index is 0.106. The number of aromatic nitrogens is 1. The quantitative estimate of drug-likeness (QED) is 0.584. The Bertz CT molecular complexity index is 1180. The minimum Gasteiger partial charge on any atom is -0.359 e. The molecule has 4 rings (SSSR count). The third-order valence-corrected chi connectivity index (χ3v) is 7.50. The zero-order valence-corrected chi connectivity index (χ0v) is 19.0. The highest BCUT2D eigenvalue weighted by atomic mass is 32.2. The van der Waals surface area contributed by atoms with E-state index in [1.165, 1.54) is 40.8 Å². The predicted octanol–water partition coefficient (Wildman–Crippen LogP) is 4.03. The van der Waals surface area contributed by atoms with Crippen LogP contribution in [0.2, 0.25) is 0 Å². The van der Waals surface area contributed by atoms with E-state index in [0.29, 0.717) is 10.8 Å². The summed E-state index contributed by atoms with van der Waals surface area (Å²) in [7, 11) is -3.72. The van der Waals surface area contributed by atoms with Crippen LogP contribution in [-0.4, -0.2) is 31.9 Å². The fourth-order valence-corrected chi connectivity index (χ4v) is 5.46. The molecule has 0 spiro atoms. The van der Waals surface area contributed by atoms with E-state index in [1.54, 1.807) is 17.5 Å². The molecule has 3 aromatic rings. The number of hydrogen-bond acceptors (Lipinski definition) is 6. The number of sulfonamides is 1. The van der Waals surface area contributed by atoms with Crippen molar-refractivity contribution in [1.82, 2.24) is 4.98 Å².